The lowest BCUT2D eigenvalue weighted by Crippen LogP contribution is -2.30. The van der Waals surface area contributed by atoms with Crippen LogP contribution in [0.2, 0.25) is 0 Å². The number of anilines is 1. The van der Waals surface area contributed by atoms with Crippen LogP contribution in [0.25, 0.3) is 0 Å². The van der Waals surface area contributed by atoms with Crippen LogP contribution in [-0.2, 0) is 18.4 Å². The Kier molecular flexibility index (Phi) is 5.25. The van der Waals surface area contributed by atoms with E-state index in [2.05, 4.69) is 42.9 Å². The molecule has 0 spiro atoms. The van der Waals surface area contributed by atoms with Gasteiger partial charge in [0, 0.05) is 30.0 Å². The maximum absolute atomic E-state index is 12.5. The molecule has 1 amide bonds. The molecule has 4 nitrogen and oxygen atoms in total. The smallest absolute Gasteiger partial charge is 0.257 e. The first kappa shape index (κ1) is 18.1. The van der Waals surface area contributed by atoms with Crippen molar-refractivity contribution in [1.82, 2.24) is 9.88 Å². The molecule has 0 saturated carbocycles. The predicted molar refractivity (Wildman–Crippen MR) is 104 cm³/mol. The molecule has 0 fully saturated rings. The van der Waals surface area contributed by atoms with E-state index in [-0.39, 0.29) is 11.3 Å². The molecule has 0 bridgehead atoms. The lowest BCUT2D eigenvalue weighted by atomic mass is 9.87. The molecule has 0 atom stereocenters. The summed E-state index contributed by atoms with van der Waals surface area (Å²) in [5.41, 5.74) is 3.14. The van der Waals surface area contributed by atoms with Gasteiger partial charge in [-0.15, -0.1) is 11.3 Å². The highest BCUT2D eigenvalue weighted by atomic mass is 32.1. The molecule has 1 aliphatic heterocycles. The van der Waals surface area contributed by atoms with Crippen molar-refractivity contribution in [2.45, 2.75) is 52.5 Å². The zero-order chi connectivity index (χ0) is 18.0. The molecule has 2 aromatic rings. The third kappa shape index (κ3) is 4.28. The summed E-state index contributed by atoms with van der Waals surface area (Å²) >= 11 is 1.61. The highest BCUT2D eigenvalue weighted by Gasteiger charge is 2.21. The van der Waals surface area contributed by atoms with Gasteiger partial charge in [0.15, 0.2) is 5.13 Å². The SMILES string of the molecule is CCCN1CCc2nc(NC(=O)c3ccc(C(C)(C)C)cc3)sc2C1. The molecule has 1 aromatic carbocycles. The standard InChI is InChI=1S/C20H27N3OS/c1-5-11-23-12-10-16-17(13-23)25-19(21-16)22-18(24)14-6-8-15(9-7-14)20(2,3)4/h6-9H,5,10-13H2,1-4H3,(H,21,22,24). The summed E-state index contributed by atoms with van der Waals surface area (Å²) < 4.78 is 0. The van der Waals surface area contributed by atoms with Gasteiger partial charge in [0.1, 0.15) is 0 Å². The van der Waals surface area contributed by atoms with Gasteiger partial charge in [-0.25, -0.2) is 4.98 Å². The van der Waals surface area contributed by atoms with E-state index in [1.807, 2.05) is 24.3 Å². The Bertz CT molecular complexity index is 743. The highest BCUT2D eigenvalue weighted by Crippen LogP contribution is 2.29. The van der Waals surface area contributed by atoms with Crippen molar-refractivity contribution in [2.75, 3.05) is 18.4 Å². The summed E-state index contributed by atoms with van der Waals surface area (Å²) in [4.78, 5) is 20.9. The minimum Gasteiger partial charge on any atom is -0.298 e. The third-order valence-corrected chi connectivity index (χ3v) is 5.58. The van der Waals surface area contributed by atoms with Gasteiger partial charge in [-0.05, 0) is 36.1 Å². The summed E-state index contributed by atoms with van der Waals surface area (Å²) in [5.74, 6) is -0.0861. The Morgan fingerprint density at radius 3 is 2.64 bits per heavy atom. The molecule has 2 heterocycles. The van der Waals surface area contributed by atoms with E-state index in [4.69, 9.17) is 0 Å². The number of hydrogen-bond acceptors (Lipinski definition) is 4. The zero-order valence-electron chi connectivity index (χ0n) is 15.6. The van der Waals surface area contributed by atoms with E-state index >= 15 is 0 Å². The van der Waals surface area contributed by atoms with Gasteiger partial charge >= 0.3 is 0 Å². The molecule has 0 aliphatic carbocycles. The van der Waals surface area contributed by atoms with Crippen LogP contribution in [0.4, 0.5) is 5.13 Å². The van der Waals surface area contributed by atoms with Gasteiger partial charge < -0.3 is 0 Å². The number of carbonyl (C=O) groups is 1. The Morgan fingerprint density at radius 2 is 2.00 bits per heavy atom. The molecule has 134 valence electrons. The van der Waals surface area contributed by atoms with Crippen LogP contribution in [0.3, 0.4) is 0 Å². The second kappa shape index (κ2) is 7.26. The number of fused-ring (bicyclic) bond motifs is 1. The maximum atomic E-state index is 12.5. The molecule has 0 unspecified atom stereocenters. The minimum atomic E-state index is -0.0861. The Hall–Kier alpha value is -1.72. The van der Waals surface area contributed by atoms with Crippen LogP contribution < -0.4 is 5.32 Å². The number of nitrogens with zero attached hydrogens (tertiary/aromatic N) is 2. The van der Waals surface area contributed by atoms with Crippen LogP contribution >= 0.6 is 11.3 Å². The second-order valence-corrected chi connectivity index (χ2v) is 8.78. The van der Waals surface area contributed by atoms with Crippen molar-refractivity contribution >= 4 is 22.4 Å². The summed E-state index contributed by atoms with van der Waals surface area (Å²) in [5, 5.41) is 3.69. The highest BCUT2D eigenvalue weighted by molar-refractivity contribution is 7.15. The van der Waals surface area contributed by atoms with Gasteiger partial charge in [0.25, 0.3) is 5.91 Å². The molecule has 1 aliphatic rings. The molecular weight excluding hydrogens is 330 g/mol. The third-order valence-electron chi connectivity index (χ3n) is 4.58. The fourth-order valence-corrected chi connectivity index (χ4v) is 4.15. The zero-order valence-corrected chi connectivity index (χ0v) is 16.4. The van der Waals surface area contributed by atoms with Crippen molar-refractivity contribution in [1.29, 1.82) is 0 Å². The Morgan fingerprint density at radius 1 is 1.28 bits per heavy atom. The number of amides is 1. The van der Waals surface area contributed by atoms with Crippen LogP contribution in [0.5, 0.6) is 0 Å². The van der Waals surface area contributed by atoms with E-state index in [0.29, 0.717) is 10.7 Å². The quantitative estimate of drug-likeness (QED) is 0.878. The number of aromatic nitrogens is 1. The number of benzene rings is 1. The molecule has 5 heteroatoms. The lowest BCUT2D eigenvalue weighted by molar-refractivity contribution is 0.102. The van der Waals surface area contributed by atoms with Gasteiger partial charge in [-0.1, -0.05) is 39.8 Å². The summed E-state index contributed by atoms with van der Waals surface area (Å²) in [6.45, 7) is 11.9. The number of rotatable bonds is 4. The van der Waals surface area contributed by atoms with E-state index in [1.54, 1.807) is 11.3 Å². The molecule has 1 aromatic heterocycles. The number of hydrogen-bond donors (Lipinski definition) is 1. The second-order valence-electron chi connectivity index (χ2n) is 7.70. The summed E-state index contributed by atoms with van der Waals surface area (Å²) in [7, 11) is 0. The fourth-order valence-electron chi connectivity index (χ4n) is 3.10. The van der Waals surface area contributed by atoms with E-state index in [0.717, 1.165) is 31.7 Å². The van der Waals surface area contributed by atoms with Gasteiger partial charge in [0.05, 0.1) is 5.69 Å². The number of nitrogens with one attached hydrogen (secondary N) is 1. The van der Waals surface area contributed by atoms with Crippen LogP contribution in [0.15, 0.2) is 24.3 Å². The van der Waals surface area contributed by atoms with Crippen LogP contribution in [0, 0.1) is 0 Å². The van der Waals surface area contributed by atoms with E-state index in [9.17, 15) is 4.79 Å². The minimum absolute atomic E-state index is 0.0861. The lowest BCUT2D eigenvalue weighted by Gasteiger charge is -2.24. The van der Waals surface area contributed by atoms with Gasteiger partial charge in [-0.3, -0.25) is 15.0 Å². The van der Waals surface area contributed by atoms with Crippen molar-refractivity contribution in [2.24, 2.45) is 0 Å². The topological polar surface area (TPSA) is 45.2 Å². The Balaban J connectivity index is 1.68. The summed E-state index contributed by atoms with van der Waals surface area (Å²) in [6, 6.07) is 7.85. The maximum Gasteiger partial charge on any atom is 0.257 e. The van der Waals surface area contributed by atoms with Crippen LogP contribution in [0.1, 0.15) is 60.6 Å². The van der Waals surface area contributed by atoms with Crippen molar-refractivity contribution in [3.8, 4) is 0 Å². The van der Waals surface area contributed by atoms with Crippen LogP contribution in [-0.4, -0.2) is 28.9 Å². The van der Waals surface area contributed by atoms with Crippen molar-refractivity contribution < 1.29 is 4.79 Å². The average molecular weight is 358 g/mol. The summed E-state index contributed by atoms with van der Waals surface area (Å²) in [6.07, 6.45) is 2.14. The predicted octanol–water partition coefficient (Wildman–Crippen LogP) is 4.46. The monoisotopic (exact) mass is 357 g/mol. The first-order chi connectivity index (χ1) is 11.9. The molecule has 25 heavy (non-hydrogen) atoms. The fraction of sp³-hybridized carbons (Fsp3) is 0.500. The van der Waals surface area contributed by atoms with Crippen molar-refractivity contribution in [3.63, 3.8) is 0 Å². The first-order valence-corrected chi connectivity index (χ1v) is 9.81. The first-order valence-electron chi connectivity index (χ1n) is 8.99. The molecular formula is C20H27N3OS. The number of carbonyl (C=O) groups excluding carboxylic acids is 1. The number of thiazole rings is 1. The normalized spacial score (nSPS) is 15.0. The Labute approximate surface area is 154 Å². The van der Waals surface area contributed by atoms with Crippen molar-refractivity contribution in [3.05, 3.63) is 46.0 Å². The van der Waals surface area contributed by atoms with E-state index in [1.165, 1.54) is 16.9 Å². The molecule has 0 saturated heterocycles. The molecule has 3 rings (SSSR count). The van der Waals surface area contributed by atoms with Gasteiger partial charge in [-0.2, -0.15) is 0 Å². The molecule has 0 radical (unpaired) electrons. The van der Waals surface area contributed by atoms with E-state index < -0.39 is 0 Å². The largest absolute Gasteiger partial charge is 0.298 e. The average Bonchev–Trinajstić information content (AvgIpc) is 2.96. The van der Waals surface area contributed by atoms with Gasteiger partial charge in [0.2, 0.25) is 0 Å². The molecule has 1 N–H and O–H groups in total.